The van der Waals surface area contributed by atoms with Gasteiger partial charge < -0.3 is 33.8 Å². The number of phosphoric acid groups is 2. The van der Waals surface area contributed by atoms with Crippen LogP contribution in [-0.2, 0) is 65.4 Å². The molecule has 0 aromatic heterocycles. The van der Waals surface area contributed by atoms with Gasteiger partial charge in [0.05, 0.1) is 26.4 Å². The smallest absolute Gasteiger partial charge is 0.462 e. The highest BCUT2D eigenvalue weighted by atomic mass is 31.2. The van der Waals surface area contributed by atoms with Crippen LogP contribution in [0, 0.1) is 5.92 Å². The van der Waals surface area contributed by atoms with Gasteiger partial charge in [-0.3, -0.25) is 37.3 Å². The lowest BCUT2D eigenvalue weighted by Gasteiger charge is -2.21. The maximum Gasteiger partial charge on any atom is 0.472 e. The van der Waals surface area contributed by atoms with Crippen molar-refractivity contribution in [2.75, 3.05) is 39.6 Å². The molecule has 0 aromatic carbocycles. The lowest BCUT2D eigenvalue weighted by Crippen LogP contribution is -2.30. The van der Waals surface area contributed by atoms with Crippen LogP contribution in [0.25, 0.3) is 0 Å². The second kappa shape index (κ2) is 69.2. The van der Waals surface area contributed by atoms with Crippen molar-refractivity contribution in [1.29, 1.82) is 0 Å². The van der Waals surface area contributed by atoms with Gasteiger partial charge in [-0.2, -0.15) is 0 Å². The van der Waals surface area contributed by atoms with E-state index in [1.807, 2.05) is 0 Å². The molecule has 0 aliphatic rings. The fourth-order valence-electron chi connectivity index (χ4n) is 11.7. The number of ether oxygens (including phenoxy) is 4. The number of carbonyl (C=O) groups is 4. The first-order chi connectivity index (χ1) is 46.0. The predicted octanol–water partition coefficient (Wildman–Crippen LogP) is 22.5. The van der Waals surface area contributed by atoms with Crippen LogP contribution < -0.4 is 0 Å². The molecule has 3 N–H and O–H groups in total. The van der Waals surface area contributed by atoms with E-state index in [9.17, 15) is 43.2 Å². The van der Waals surface area contributed by atoms with Gasteiger partial charge in [0, 0.05) is 25.7 Å². The van der Waals surface area contributed by atoms with Gasteiger partial charge in [0.1, 0.15) is 19.3 Å². The lowest BCUT2D eigenvalue weighted by atomic mass is 10.0. The number of phosphoric ester groups is 2. The van der Waals surface area contributed by atoms with Gasteiger partial charge in [-0.1, -0.05) is 349 Å². The summed E-state index contributed by atoms with van der Waals surface area (Å²) in [6.45, 7) is 7.27. The SMILES string of the molecule is CCCCCCCCCCCCCCCCCCCCC(=O)O[C@H](COC(=O)CCCCCCCCCCCCCCCCC)COP(=O)(O)OC[C@@H](O)COP(=O)(O)OC[C@@H](COC(=O)CCCCCCCCCCC)OC(=O)CCCCCCCCCCCCC(C)C. The van der Waals surface area contributed by atoms with Crippen molar-refractivity contribution < 1.29 is 80.2 Å². The fourth-order valence-corrected chi connectivity index (χ4v) is 13.3. The second-order valence-corrected chi connectivity index (χ2v) is 30.8. The Morgan fingerprint density at radius 3 is 0.716 bits per heavy atom. The largest absolute Gasteiger partial charge is 0.472 e. The molecule has 2 unspecified atom stereocenters. The molecule has 0 saturated carbocycles. The summed E-state index contributed by atoms with van der Waals surface area (Å²) in [6.07, 6.45) is 58.2. The fraction of sp³-hybridized carbons (Fsp3) is 0.947. The van der Waals surface area contributed by atoms with Crippen molar-refractivity contribution in [1.82, 2.24) is 0 Å². The number of unbranched alkanes of at least 4 members (excludes halogenated alkanes) is 48. The summed E-state index contributed by atoms with van der Waals surface area (Å²) >= 11 is 0. The predicted molar refractivity (Wildman–Crippen MR) is 386 cm³/mol. The van der Waals surface area contributed by atoms with Crippen LogP contribution >= 0.6 is 15.6 Å². The van der Waals surface area contributed by atoms with Crippen molar-refractivity contribution in [3.05, 3.63) is 0 Å². The molecule has 95 heavy (non-hydrogen) atoms. The summed E-state index contributed by atoms with van der Waals surface area (Å²) in [6, 6.07) is 0. The first kappa shape index (κ1) is 93.1. The third-order valence-corrected chi connectivity index (χ3v) is 19.7. The van der Waals surface area contributed by atoms with E-state index < -0.39 is 97.5 Å². The van der Waals surface area contributed by atoms with E-state index in [4.69, 9.17) is 37.0 Å². The molecule has 17 nitrogen and oxygen atoms in total. The molecule has 0 saturated heterocycles. The molecule has 19 heteroatoms. The van der Waals surface area contributed by atoms with Crippen molar-refractivity contribution in [3.63, 3.8) is 0 Å². The summed E-state index contributed by atoms with van der Waals surface area (Å²) < 4.78 is 68.5. The van der Waals surface area contributed by atoms with Crippen molar-refractivity contribution in [2.45, 2.75) is 419 Å². The lowest BCUT2D eigenvalue weighted by molar-refractivity contribution is -0.161. The van der Waals surface area contributed by atoms with Gasteiger partial charge in [-0.15, -0.1) is 0 Å². The number of hydrogen-bond acceptors (Lipinski definition) is 15. The number of rotatable bonds is 76. The maximum absolute atomic E-state index is 13.1. The molecule has 5 atom stereocenters. The van der Waals surface area contributed by atoms with E-state index in [1.54, 1.807) is 0 Å². The third kappa shape index (κ3) is 70.3. The standard InChI is InChI=1S/C76H148O17P2/c1-6-9-12-15-18-21-23-25-27-28-29-31-33-35-41-46-51-56-61-75(80)92-72(66-87-74(79)60-55-50-45-40-34-32-30-26-24-22-19-16-13-10-7-2)68-91-95(84,85)89-64-70(77)63-88-94(82,83)90-67-71(65-86-73(78)59-54-49-44-38-20-17-14-11-8-3)93-76(81)62-57-52-47-42-37-36-39-43-48-53-58-69(4)5/h69-72,77H,6-68H2,1-5H3,(H,82,83)(H,84,85)/t70-,71+,72+/m0/s1. The Kier molecular flexibility index (Phi) is 67.7. The molecule has 0 aromatic rings. The van der Waals surface area contributed by atoms with Crippen LogP contribution in [0.15, 0.2) is 0 Å². The van der Waals surface area contributed by atoms with Crippen LogP contribution in [-0.4, -0.2) is 96.7 Å². The quantitative estimate of drug-likeness (QED) is 0.0222. The Morgan fingerprint density at radius 1 is 0.284 bits per heavy atom. The van der Waals surface area contributed by atoms with E-state index in [-0.39, 0.29) is 25.7 Å². The average molecular weight is 1400 g/mol. The van der Waals surface area contributed by atoms with Gasteiger partial charge in [-0.05, 0) is 31.6 Å². The van der Waals surface area contributed by atoms with E-state index >= 15 is 0 Å². The zero-order chi connectivity index (χ0) is 69.8. The molecule has 0 spiro atoms. The van der Waals surface area contributed by atoms with E-state index in [0.29, 0.717) is 25.7 Å². The van der Waals surface area contributed by atoms with Crippen molar-refractivity contribution in [2.24, 2.45) is 5.92 Å². The number of hydrogen-bond donors (Lipinski definition) is 3. The highest BCUT2D eigenvalue weighted by molar-refractivity contribution is 7.47. The average Bonchev–Trinajstić information content (AvgIpc) is 1.60. The molecular weight excluding hydrogens is 1250 g/mol. The van der Waals surface area contributed by atoms with Gasteiger partial charge in [-0.25, -0.2) is 9.13 Å². The molecule has 0 rings (SSSR count). The summed E-state index contributed by atoms with van der Waals surface area (Å²) in [7, 11) is -9.91. The minimum Gasteiger partial charge on any atom is -0.462 e. The number of aliphatic hydroxyl groups excluding tert-OH is 1. The van der Waals surface area contributed by atoms with E-state index in [1.165, 1.54) is 225 Å². The molecule has 0 amide bonds. The Balaban J connectivity index is 5.22. The summed E-state index contributed by atoms with van der Waals surface area (Å²) in [5.41, 5.74) is 0. The van der Waals surface area contributed by atoms with Crippen molar-refractivity contribution in [3.8, 4) is 0 Å². The van der Waals surface area contributed by atoms with Crippen LogP contribution in [0.3, 0.4) is 0 Å². The molecule has 0 heterocycles. The van der Waals surface area contributed by atoms with Crippen molar-refractivity contribution >= 4 is 39.5 Å². The Bertz CT molecular complexity index is 1820. The molecule has 0 aliphatic carbocycles. The molecule has 564 valence electrons. The highest BCUT2D eigenvalue weighted by Gasteiger charge is 2.30. The first-order valence-electron chi connectivity index (χ1n) is 39.6. The van der Waals surface area contributed by atoms with Crippen LogP contribution in [0.5, 0.6) is 0 Å². The minimum atomic E-state index is -4.96. The van der Waals surface area contributed by atoms with Gasteiger partial charge in [0.2, 0.25) is 0 Å². The molecular formula is C76H148O17P2. The number of carbonyl (C=O) groups excluding carboxylic acids is 4. The topological polar surface area (TPSA) is 237 Å². The van der Waals surface area contributed by atoms with Crippen LogP contribution in [0.1, 0.15) is 401 Å². The van der Waals surface area contributed by atoms with Gasteiger partial charge >= 0.3 is 39.5 Å². The summed E-state index contributed by atoms with van der Waals surface area (Å²) in [5, 5.41) is 10.6. The van der Waals surface area contributed by atoms with E-state index in [0.717, 1.165) is 95.8 Å². The van der Waals surface area contributed by atoms with E-state index in [2.05, 4.69) is 34.6 Å². The normalized spacial score (nSPS) is 13.9. The summed E-state index contributed by atoms with van der Waals surface area (Å²) in [5.74, 6) is -1.36. The Labute approximate surface area is 581 Å². The number of aliphatic hydroxyl groups is 1. The maximum atomic E-state index is 13.1. The second-order valence-electron chi connectivity index (χ2n) is 27.9. The Hall–Kier alpha value is -1.94. The summed E-state index contributed by atoms with van der Waals surface area (Å²) in [4.78, 5) is 72.8. The van der Waals surface area contributed by atoms with Crippen LogP contribution in [0.2, 0.25) is 0 Å². The monoisotopic (exact) mass is 1400 g/mol. The number of esters is 4. The minimum absolute atomic E-state index is 0.106. The van der Waals surface area contributed by atoms with Crippen LogP contribution in [0.4, 0.5) is 0 Å². The van der Waals surface area contributed by atoms with Gasteiger partial charge in [0.25, 0.3) is 0 Å². The molecule has 0 aliphatic heterocycles. The molecule has 0 fully saturated rings. The highest BCUT2D eigenvalue weighted by Crippen LogP contribution is 2.45. The Morgan fingerprint density at radius 2 is 0.484 bits per heavy atom. The molecule has 0 bridgehead atoms. The zero-order valence-corrected chi connectivity index (χ0v) is 63.6. The van der Waals surface area contributed by atoms with Gasteiger partial charge in [0.15, 0.2) is 12.2 Å². The zero-order valence-electron chi connectivity index (χ0n) is 61.8. The third-order valence-electron chi connectivity index (χ3n) is 17.8. The first-order valence-corrected chi connectivity index (χ1v) is 42.6. The molecule has 0 radical (unpaired) electrons.